The van der Waals surface area contributed by atoms with Gasteiger partial charge < -0.3 is 14.9 Å². The number of aliphatic hydroxyl groups excluding tert-OH is 2. The molecule has 1 aromatic rings. The first-order chi connectivity index (χ1) is 7.49. The van der Waals surface area contributed by atoms with E-state index in [0.717, 1.165) is 11.3 Å². The van der Waals surface area contributed by atoms with E-state index in [-0.39, 0.29) is 12.2 Å². The number of hydrogen-bond donors (Lipinski definition) is 2. The second-order valence-corrected chi connectivity index (χ2v) is 4.26. The zero-order chi connectivity index (χ0) is 12.1. The lowest BCUT2D eigenvalue weighted by atomic mass is 10.1. The van der Waals surface area contributed by atoms with Crippen molar-refractivity contribution in [3.05, 3.63) is 29.8 Å². The smallest absolute Gasteiger partial charge is 0.121 e. The largest absolute Gasteiger partial charge is 0.488 e. The topological polar surface area (TPSA) is 49.7 Å². The van der Waals surface area contributed by atoms with E-state index < -0.39 is 6.10 Å². The Balaban J connectivity index is 2.57. The van der Waals surface area contributed by atoms with E-state index >= 15 is 0 Å². The van der Waals surface area contributed by atoms with Crippen LogP contribution in [-0.2, 0) is 6.42 Å². The van der Waals surface area contributed by atoms with Crippen LogP contribution in [0.2, 0.25) is 0 Å². The van der Waals surface area contributed by atoms with Crippen LogP contribution in [-0.4, -0.2) is 28.5 Å². The van der Waals surface area contributed by atoms with E-state index in [0.29, 0.717) is 6.42 Å². The first-order valence-corrected chi connectivity index (χ1v) is 5.60. The highest BCUT2D eigenvalue weighted by Gasteiger charge is 2.10. The third-order valence-electron chi connectivity index (χ3n) is 2.46. The summed E-state index contributed by atoms with van der Waals surface area (Å²) in [4.78, 5) is 0. The van der Waals surface area contributed by atoms with Gasteiger partial charge in [-0.15, -0.1) is 0 Å². The van der Waals surface area contributed by atoms with Gasteiger partial charge in [0.05, 0.1) is 12.2 Å². The number of ether oxygens (including phenoxy) is 1. The maximum absolute atomic E-state index is 9.30. The van der Waals surface area contributed by atoms with Gasteiger partial charge in [-0.1, -0.05) is 12.1 Å². The lowest BCUT2D eigenvalue weighted by Gasteiger charge is -2.17. The van der Waals surface area contributed by atoms with Crippen molar-refractivity contribution < 1.29 is 14.9 Å². The SMILES string of the molecule is CC(O)Cc1ccc(OC(C)C(C)O)cc1. The predicted molar refractivity (Wildman–Crippen MR) is 63.6 cm³/mol. The highest BCUT2D eigenvalue weighted by molar-refractivity contribution is 5.27. The lowest BCUT2D eigenvalue weighted by molar-refractivity contribution is 0.0604. The van der Waals surface area contributed by atoms with Gasteiger partial charge in [0.25, 0.3) is 0 Å². The van der Waals surface area contributed by atoms with Crippen molar-refractivity contribution in [3.63, 3.8) is 0 Å². The fourth-order valence-electron chi connectivity index (χ4n) is 1.36. The molecule has 0 aliphatic carbocycles. The molecule has 0 aliphatic rings. The van der Waals surface area contributed by atoms with Crippen molar-refractivity contribution in [1.29, 1.82) is 0 Å². The Hall–Kier alpha value is -1.06. The first-order valence-electron chi connectivity index (χ1n) is 5.60. The van der Waals surface area contributed by atoms with E-state index in [9.17, 15) is 10.2 Å². The maximum atomic E-state index is 9.30. The van der Waals surface area contributed by atoms with Gasteiger partial charge in [0, 0.05) is 0 Å². The van der Waals surface area contributed by atoms with Crippen LogP contribution in [0.4, 0.5) is 0 Å². The van der Waals surface area contributed by atoms with Crippen LogP contribution in [0.1, 0.15) is 26.3 Å². The highest BCUT2D eigenvalue weighted by Crippen LogP contribution is 2.15. The zero-order valence-electron chi connectivity index (χ0n) is 10.1. The van der Waals surface area contributed by atoms with E-state index in [1.165, 1.54) is 0 Å². The average molecular weight is 224 g/mol. The number of hydrogen-bond acceptors (Lipinski definition) is 3. The third kappa shape index (κ3) is 4.21. The van der Waals surface area contributed by atoms with Gasteiger partial charge in [-0.3, -0.25) is 0 Å². The normalized spacial score (nSPS) is 16.6. The highest BCUT2D eigenvalue weighted by atomic mass is 16.5. The van der Waals surface area contributed by atoms with Crippen molar-refractivity contribution in [2.24, 2.45) is 0 Å². The second-order valence-electron chi connectivity index (χ2n) is 4.26. The molecule has 0 saturated heterocycles. The van der Waals surface area contributed by atoms with E-state index in [1.54, 1.807) is 13.8 Å². The van der Waals surface area contributed by atoms with Crippen molar-refractivity contribution in [2.45, 2.75) is 45.5 Å². The van der Waals surface area contributed by atoms with Crippen LogP contribution in [0.25, 0.3) is 0 Å². The summed E-state index contributed by atoms with van der Waals surface area (Å²) in [5.41, 5.74) is 1.08. The molecule has 0 aromatic heterocycles. The minimum atomic E-state index is -0.489. The van der Waals surface area contributed by atoms with Crippen molar-refractivity contribution in [2.75, 3.05) is 0 Å². The van der Waals surface area contributed by atoms with Crippen LogP contribution in [0.3, 0.4) is 0 Å². The molecule has 3 unspecified atom stereocenters. The molecule has 90 valence electrons. The Morgan fingerprint density at radius 2 is 1.62 bits per heavy atom. The fraction of sp³-hybridized carbons (Fsp3) is 0.538. The van der Waals surface area contributed by atoms with Crippen molar-refractivity contribution in [3.8, 4) is 5.75 Å². The summed E-state index contributed by atoms with van der Waals surface area (Å²) in [7, 11) is 0. The van der Waals surface area contributed by atoms with Crippen LogP contribution in [0, 0.1) is 0 Å². The molecule has 0 aliphatic heterocycles. The molecule has 2 N–H and O–H groups in total. The summed E-state index contributed by atoms with van der Waals surface area (Å²) in [6, 6.07) is 7.57. The van der Waals surface area contributed by atoms with Gasteiger partial charge in [0.1, 0.15) is 11.9 Å². The molecular formula is C13H20O3. The Morgan fingerprint density at radius 1 is 1.06 bits per heavy atom. The number of aliphatic hydroxyl groups is 2. The van der Waals surface area contributed by atoms with Crippen LogP contribution in [0.15, 0.2) is 24.3 Å². The van der Waals surface area contributed by atoms with Gasteiger partial charge in [-0.05, 0) is 44.9 Å². The van der Waals surface area contributed by atoms with Crippen LogP contribution < -0.4 is 4.74 Å². The van der Waals surface area contributed by atoms with Gasteiger partial charge in [-0.2, -0.15) is 0 Å². The summed E-state index contributed by atoms with van der Waals surface area (Å²) in [5, 5.41) is 18.5. The summed E-state index contributed by atoms with van der Waals surface area (Å²) >= 11 is 0. The van der Waals surface area contributed by atoms with Gasteiger partial charge >= 0.3 is 0 Å². The monoisotopic (exact) mass is 224 g/mol. The second kappa shape index (κ2) is 5.87. The molecular weight excluding hydrogens is 204 g/mol. The third-order valence-corrected chi connectivity index (χ3v) is 2.46. The minimum Gasteiger partial charge on any atom is -0.488 e. The number of rotatable bonds is 5. The molecule has 0 saturated carbocycles. The molecule has 0 spiro atoms. The maximum Gasteiger partial charge on any atom is 0.121 e. The molecule has 0 fully saturated rings. The molecule has 1 aromatic carbocycles. The molecule has 3 heteroatoms. The van der Waals surface area contributed by atoms with E-state index in [4.69, 9.17) is 4.74 Å². The van der Waals surface area contributed by atoms with E-state index in [1.807, 2.05) is 31.2 Å². The summed E-state index contributed by atoms with van der Waals surface area (Å²) < 4.78 is 5.52. The summed E-state index contributed by atoms with van der Waals surface area (Å²) in [6.45, 7) is 5.29. The molecule has 1 rings (SSSR count). The minimum absolute atomic E-state index is 0.220. The molecule has 0 amide bonds. The summed E-state index contributed by atoms with van der Waals surface area (Å²) in [6.07, 6.45) is -0.394. The first kappa shape index (κ1) is 13.0. The Kier molecular flexibility index (Phi) is 4.77. The molecule has 16 heavy (non-hydrogen) atoms. The molecule has 0 heterocycles. The molecule has 0 radical (unpaired) electrons. The molecule has 3 nitrogen and oxygen atoms in total. The number of benzene rings is 1. The zero-order valence-corrected chi connectivity index (χ0v) is 10.1. The molecule has 0 bridgehead atoms. The van der Waals surface area contributed by atoms with Crippen molar-refractivity contribution in [1.82, 2.24) is 0 Å². The van der Waals surface area contributed by atoms with Gasteiger partial charge in [0.2, 0.25) is 0 Å². The quantitative estimate of drug-likeness (QED) is 0.801. The van der Waals surface area contributed by atoms with Gasteiger partial charge in [-0.25, -0.2) is 0 Å². The van der Waals surface area contributed by atoms with Crippen LogP contribution in [0.5, 0.6) is 5.75 Å². The summed E-state index contributed by atoms with van der Waals surface area (Å²) in [5.74, 6) is 0.739. The van der Waals surface area contributed by atoms with Crippen molar-refractivity contribution >= 4 is 0 Å². The van der Waals surface area contributed by atoms with Crippen LogP contribution >= 0.6 is 0 Å². The average Bonchev–Trinajstić information content (AvgIpc) is 2.20. The van der Waals surface area contributed by atoms with E-state index in [2.05, 4.69) is 0 Å². The molecule has 3 atom stereocenters. The fourth-order valence-corrected chi connectivity index (χ4v) is 1.36. The Bertz CT molecular complexity index is 303. The lowest BCUT2D eigenvalue weighted by Crippen LogP contribution is -2.25. The Labute approximate surface area is 96.7 Å². The van der Waals surface area contributed by atoms with Gasteiger partial charge in [0.15, 0.2) is 0 Å². The Morgan fingerprint density at radius 3 is 2.06 bits per heavy atom. The predicted octanol–water partition coefficient (Wildman–Crippen LogP) is 1.76. The standard InChI is InChI=1S/C13H20O3/c1-9(14)8-12-4-6-13(7-5-12)16-11(3)10(2)15/h4-7,9-11,14-15H,8H2,1-3H3.